The maximum Gasteiger partial charge on any atom is 0.343 e. The molecule has 8 heteroatoms. The average Bonchev–Trinajstić information content (AvgIpc) is 3.00. The van der Waals surface area contributed by atoms with Gasteiger partial charge in [-0.25, -0.2) is 13.9 Å². The topological polar surface area (TPSA) is 70.4 Å². The molecule has 0 radical (unpaired) electrons. The summed E-state index contributed by atoms with van der Waals surface area (Å²) in [6.45, 7) is 3.46. The number of aryl methyl sites for hydroxylation is 2. The summed E-state index contributed by atoms with van der Waals surface area (Å²) in [5, 5.41) is 4.43. The van der Waals surface area contributed by atoms with Crippen LogP contribution in [0.2, 0.25) is 5.15 Å². The molecule has 0 aliphatic rings. The molecule has 0 bridgehead atoms. The van der Waals surface area contributed by atoms with E-state index in [0.717, 1.165) is 17.2 Å². The van der Waals surface area contributed by atoms with E-state index in [4.69, 9.17) is 21.1 Å². The van der Waals surface area contributed by atoms with Crippen LogP contribution in [-0.2, 0) is 11.3 Å². The van der Waals surface area contributed by atoms with E-state index in [9.17, 15) is 14.0 Å². The number of Topliss-reactive ketones (excluding diaryl/α,β-unsaturated/α-hetero) is 1. The summed E-state index contributed by atoms with van der Waals surface area (Å²) in [6, 6.07) is 11.6. The number of aromatic nitrogens is 2. The number of rotatable bonds is 7. The number of ketones is 1. The maximum atomic E-state index is 13.8. The minimum atomic E-state index is -0.769. The zero-order valence-corrected chi connectivity index (χ0v) is 17.5. The van der Waals surface area contributed by atoms with E-state index in [0.29, 0.717) is 12.2 Å². The molecule has 1 heterocycles. The summed E-state index contributed by atoms with van der Waals surface area (Å²) in [5.41, 5.74) is 2.66. The number of ether oxygens (including phenoxy) is 2. The van der Waals surface area contributed by atoms with E-state index in [1.165, 1.54) is 23.9 Å². The summed E-state index contributed by atoms with van der Waals surface area (Å²) in [6.07, 6.45) is 0. The van der Waals surface area contributed by atoms with E-state index in [-0.39, 0.29) is 22.0 Å². The first-order valence-corrected chi connectivity index (χ1v) is 9.50. The molecule has 1 aromatic heterocycles. The summed E-state index contributed by atoms with van der Waals surface area (Å²) in [4.78, 5) is 24.7. The number of methoxy groups -OCH3 is 1. The Morgan fingerprint density at radius 1 is 1.13 bits per heavy atom. The monoisotopic (exact) mass is 430 g/mol. The second kappa shape index (κ2) is 9.09. The first-order valence-electron chi connectivity index (χ1n) is 9.12. The summed E-state index contributed by atoms with van der Waals surface area (Å²) < 4.78 is 25.2. The van der Waals surface area contributed by atoms with Crippen LogP contribution in [0, 0.1) is 19.7 Å². The van der Waals surface area contributed by atoms with E-state index in [2.05, 4.69) is 5.10 Å². The van der Waals surface area contributed by atoms with E-state index < -0.39 is 24.2 Å². The van der Waals surface area contributed by atoms with Crippen LogP contribution in [0.25, 0.3) is 0 Å². The van der Waals surface area contributed by atoms with Crippen LogP contribution in [-0.4, -0.2) is 35.2 Å². The number of carbonyl (C=O) groups is 2. The van der Waals surface area contributed by atoms with Gasteiger partial charge in [0.05, 0.1) is 19.3 Å². The Morgan fingerprint density at radius 3 is 2.47 bits per heavy atom. The molecule has 156 valence electrons. The zero-order valence-electron chi connectivity index (χ0n) is 16.7. The van der Waals surface area contributed by atoms with Crippen LogP contribution in [0.3, 0.4) is 0 Å². The molecule has 0 fully saturated rings. The number of hydrogen-bond acceptors (Lipinski definition) is 5. The first-order chi connectivity index (χ1) is 14.3. The minimum absolute atomic E-state index is 0.0203. The van der Waals surface area contributed by atoms with Crippen molar-refractivity contribution in [1.82, 2.24) is 9.78 Å². The number of carbonyl (C=O) groups excluding carboxylic acids is 2. The number of esters is 1. The quantitative estimate of drug-likeness (QED) is 0.410. The van der Waals surface area contributed by atoms with Crippen LogP contribution < -0.4 is 4.74 Å². The lowest BCUT2D eigenvalue weighted by atomic mass is 10.1. The molecular formula is C22H20ClFN2O4. The van der Waals surface area contributed by atoms with Crippen LogP contribution in [0.4, 0.5) is 4.39 Å². The van der Waals surface area contributed by atoms with E-state index in [1.54, 1.807) is 6.92 Å². The van der Waals surface area contributed by atoms with Gasteiger partial charge in [-0.3, -0.25) is 4.79 Å². The van der Waals surface area contributed by atoms with Crippen molar-refractivity contribution in [3.8, 4) is 5.75 Å². The fraction of sp³-hybridized carbons (Fsp3) is 0.227. The van der Waals surface area contributed by atoms with Gasteiger partial charge >= 0.3 is 5.97 Å². The standard InChI is InChI=1S/C22H20ClFN2O4/c1-13-4-6-15(7-5-13)11-26-21(23)20(14(2)25-26)22(28)30-12-18(27)16-8-9-19(29-3)17(24)10-16/h4-10H,11-12H2,1-3H3. The molecule has 0 aliphatic heterocycles. The van der Waals surface area contributed by atoms with Gasteiger partial charge in [0.25, 0.3) is 0 Å². The Balaban J connectivity index is 1.69. The Hall–Kier alpha value is -3.19. The van der Waals surface area contributed by atoms with Gasteiger partial charge in [-0.2, -0.15) is 5.10 Å². The fourth-order valence-corrected chi connectivity index (χ4v) is 3.19. The Bertz CT molecular complexity index is 1090. The number of hydrogen-bond donors (Lipinski definition) is 0. The average molecular weight is 431 g/mol. The molecule has 3 aromatic rings. The molecule has 0 amide bonds. The smallest absolute Gasteiger partial charge is 0.343 e. The third kappa shape index (κ3) is 4.68. The summed E-state index contributed by atoms with van der Waals surface area (Å²) >= 11 is 6.34. The van der Waals surface area contributed by atoms with Gasteiger partial charge in [0, 0.05) is 5.56 Å². The van der Waals surface area contributed by atoms with Crippen LogP contribution in [0.5, 0.6) is 5.75 Å². The van der Waals surface area contributed by atoms with Crippen molar-refractivity contribution in [2.75, 3.05) is 13.7 Å². The molecule has 6 nitrogen and oxygen atoms in total. The predicted molar refractivity (Wildman–Crippen MR) is 110 cm³/mol. The molecule has 30 heavy (non-hydrogen) atoms. The summed E-state index contributed by atoms with van der Waals surface area (Å²) in [7, 11) is 1.33. The largest absolute Gasteiger partial charge is 0.494 e. The molecule has 0 unspecified atom stereocenters. The lowest BCUT2D eigenvalue weighted by molar-refractivity contribution is 0.0474. The summed E-state index contributed by atoms with van der Waals surface area (Å²) in [5.74, 6) is -1.97. The normalized spacial score (nSPS) is 10.7. The molecule has 0 saturated heterocycles. The molecule has 0 N–H and O–H groups in total. The van der Waals surface area contributed by atoms with Gasteiger partial charge in [-0.05, 0) is 37.6 Å². The third-order valence-corrected chi connectivity index (χ3v) is 4.91. The fourth-order valence-electron chi connectivity index (χ4n) is 2.88. The van der Waals surface area contributed by atoms with Crippen LogP contribution in [0.15, 0.2) is 42.5 Å². The zero-order chi connectivity index (χ0) is 21.8. The minimum Gasteiger partial charge on any atom is -0.494 e. The van der Waals surface area contributed by atoms with Crippen LogP contribution in [0.1, 0.15) is 37.5 Å². The highest BCUT2D eigenvalue weighted by molar-refractivity contribution is 6.32. The highest BCUT2D eigenvalue weighted by Crippen LogP contribution is 2.23. The lowest BCUT2D eigenvalue weighted by Gasteiger charge is -2.07. The third-order valence-electron chi connectivity index (χ3n) is 4.53. The second-order valence-corrected chi connectivity index (χ2v) is 7.10. The van der Waals surface area contributed by atoms with Crippen molar-refractivity contribution in [3.05, 3.63) is 81.4 Å². The van der Waals surface area contributed by atoms with Crippen molar-refractivity contribution in [1.29, 1.82) is 0 Å². The van der Waals surface area contributed by atoms with Gasteiger partial charge in [0.2, 0.25) is 0 Å². The highest BCUT2D eigenvalue weighted by Gasteiger charge is 2.23. The van der Waals surface area contributed by atoms with Crippen molar-refractivity contribution >= 4 is 23.4 Å². The Kier molecular flexibility index (Phi) is 6.52. The number of nitrogens with zero attached hydrogens (tertiary/aromatic N) is 2. The molecule has 0 atom stereocenters. The van der Waals surface area contributed by atoms with Crippen molar-refractivity contribution in [2.45, 2.75) is 20.4 Å². The second-order valence-electron chi connectivity index (χ2n) is 6.74. The lowest BCUT2D eigenvalue weighted by Crippen LogP contribution is -2.15. The van der Waals surface area contributed by atoms with Crippen molar-refractivity contribution in [3.63, 3.8) is 0 Å². The van der Waals surface area contributed by atoms with Gasteiger partial charge in [0.1, 0.15) is 10.7 Å². The predicted octanol–water partition coefficient (Wildman–Crippen LogP) is 4.39. The molecular weight excluding hydrogens is 411 g/mol. The number of benzene rings is 2. The first kappa shape index (κ1) is 21.5. The molecule has 3 rings (SSSR count). The molecule has 0 spiro atoms. The van der Waals surface area contributed by atoms with Gasteiger partial charge in [-0.1, -0.05) is 41.4 Å². The number of halogens is 2. The van der Waals surface area contributed by atoms with Gasteiger partial charge in [-0.15, -0.1) is 0 Å². The van der Waals surface area contributed by atoms with E-state index in [1.807, 2.05) is 31.2 Å². The van der Waals surface area contributed by atoms with Gasteiger partial charge in [0.15, 0.2) is 24.0 Å². The van der Waals surface area contributed by atoms with Crippen LogP contribution >= 0.6 is 11.6 Å². The Morgan fingerprint density at radius 2 is 1.83 bits per heavy atom. The molecule has 0 saturated carbocycles. The van der Waals surface area contributed by atoms with E-state index >= 15 is 0 Å². The van der Waals surface area contributed by atoms with Gasteiger partial charge < -0.3 is 9.47 Å². The molecule has 2 aromatic carbocycles. The van der Waals surface area contributed by atoms with Crippen molar-refractivity contribution in [2.24, 2.45) is 0 Å². The van der Waals surface area contributed by atoms with Crippen molar-refractivity contribution < 1.29 is 23.5 Å². The SMILES string of the molecule is COc1ccc(C(=O)COC(=O)c2c(C)nn(Cc3ccc(C)cc3)c2Cl)cc1F. The highest BCUT2D eigenvalue weighted by atomic mass is 35.5. The maximum absolute atomic E-state index is 13.8. The Labute approximate surface area is 178 Å². The molecule has 0 aliphatic carbocycles.